The minimum Gasteiger partial charge on any atom is -0.368 e. The molecule has 0 radical (unpaired) electrons. The van der Waals surface area contributed by atoms with Gasteiger partial charge in [0.15, 0.2) is 0 Å². The van der Waals surface area contributed by atoms with Gasteiger partial charge in [-0.05, 0) is 47.9 Å². The Morgan fingerprint density at radius 2 is 1.31 bits per heavy atom. The van der Waals surface area contributed by atoms with Gasteiger partial charge in [-0.3, -0.25) is 9.59 Å². The highest BCUT2D eigenvalue weighted by Crippen LogP contribution is 2.36. The molecule has 2 amide bonds. The Morgan fingerprint density at radius 3 is 1.75 bits per heavy atom. The van der Waals surface area contributed by atoms with E-state index in [0.29, 0.717) is 44.7 Å². The van der Waals surface area contributed by atoms with Crippen molar-refractivity contribution >= 4 is 23.2 Å². The molecule has 0 atom stereocenters. The summed E-state index contributed by atoms with van der Waals surface area (Å²) in [6.07, 6.45) is -9.63. The van der Waals surface area contributed by atoms with Gasteiger partial charge in [-0.15, -0.1) is 0 Å². The van der Waals surface area contributed by atoms with Crippen molar-refractivity contribution in [2.45, 2.75) is 39.5 Å². The summed E-state index contributed by atoms with van der Waals surface area (Å²) in [6.45, 7) is 8.34. The molecule has 1 heterocycles. The number of alkyl halides is 6. The van der Waals surface area contributed by atoms with Crippen LogP contribution in [0.15, 0.2) is 42.5 Å². The van der Waals surface area contributed by atoms with E-state index in [1.807, 2.05) is 25.7 Å². The maximum Gasteiger partial charge on any atom is 0.416 e. The van der Waals surface area contributed by atoms with Gasteiger partial charge in [-0.1, -0.05) is 20.8 Å². The molecule has 0 aromatic heterocycles. The third-order valence-corrected chi connectivity index (χ3v) is 5.65. The first-order valence-electron chi connectivity index (χ1n) is 11.3. The maximum atomic E-state index is 13.1. The molecule has 2 aromatic rings. The molecule has 1 N–H and O–H groups in total. The molecule has 1 fully saturated rings. The monoisotopic (exact) mass is 515 g/mol. The van der Waals surface area contributed by atoms with Gasteiger partial charge in [-0.2, -0.15) is 26.3 Å². The fourth-order valence-corrected chi connectivity index (χ4v) is 3.82. The Morgan fingerprint density at radius 1 is 0.806 bits per heavy atom. The van der Waals surface area contributed by atoms with Crippen molar-refractivity contribution in [3.05, 3.63) is 59.2 Å². The molecular weight excluding hydrogens is 488 g/mol. The van der Waals surface area contributed by atoms with Crippen molar-refractivity contribution in [3.63, 3.8) is 0 Å². The summed E-state index contributed by atoms with van der Waals surface area (Å²) < 4.78 is 78.4. The summed E-state index contributed by atoms with van der Waals surface area (Å²) in [5, 5.41) is 2.34. The molecule has 1 saturated heterocycles. The van der Waals surface area contributed by atoms with Crippen LogP contribution in [0.4, 0.5) is 37.7 Å². The SMILES string of the molecule is CC(C)(C)CC(=O)N1CCN(c2ccc(NC(=O)c3cc(C(F)(F)F)cc(C(F)(F)F)c3)cc2)CC1. The lowest BCUT2D eigenvalue weighted by atomic mass is 9.91. The summed E-state index contributed by atoms with van der Waals surface area (Å²) >= 11 is 0. The predicted molar refractivity (Wildman–Crippen MR) is 124 cm³/mol. The molecule has 11 heteroatoms. The zero-order valence-electron chi connectivity index (χ0n) is 20.1. The molecule has 3 rings (SSSR count). The average molecular weight is 515 g/mol. The van der Waals surface area contributed by atoms with Crippen molar-refractivity contribution in [2.24, 2.45) is 5.41 Å². The van der Waals surface area contributed by atoms with Crippen LogP contribution in [0.25, 0.3) is 0 Å². The minimum absolute atomic E-state index is 0.0258. The number of benzene rings is 2. The number of rotatable bonds is 4. The summed E-state index contributed by atoms with van der Waals surface area (Å²) in [6, 6.07) is 7.16. The summed E-state index contributed by atoms with van der Waals surface area (Å²) in [4.78, 5) is 28.8. The number of nitrogens with zero attached hydrogens (tertiary/aromatic N) is 2. The van der Waals surface area contributed by atoms with Crippen molar-refractivity contribution in [1.29, 1.82) is 0 Å². The quantitative estimate of drug-likeness (QED) is 0.504. The zero-order valence-corrected chi connectivity index (χ0v) is 20.1. The molecule has 2 aromatic carbocycles. The molecule has 36 heavy (non-hydrogen) atoms. The Hall–Kier alpha value is -3.24. The third kappa shape index (κ3) is 7.14. The first-order valence-corrected chi connectivity index (χ1v) is 11.3. The minimum atomic E-state index is -5.04. The molecule has 1 aliphatic heterocycles. The average Bonchev–Trinajstić information content (AvgIpc) is 2.77. The molecule has 0 bridgehead atoms. The van der Waals surface area contributed by atoms with Crippen LogP contribution in [0, 0.1) is 5.41 Å². The number of carbonyl (C=O) groups excluding carboxylic acids is 2. The molecule has 0 saturated carbocycles. The highest BCUT2D eigenvalue weighted by molar-refractivity contribution is 6.04. The Bertz CT molecular complexity index is 1060. The predicted octanol–water partition coefficient (Wildman–Crippen LogP) is 6.06. The van der Waals surface area contributed by atoms with Crippen LogP contribution in [0.5, 0.6) is 0 Å². The van der Waals surface area contributed by atoms with E-state index in [4.69, 9.17) is 0 Å². The standard InChI is InChI=1S/C25H27F6N3O2/c1-23(2,3)15-21(35)34-10-8-33(9-11-34)20-6-4-19(5-7-20)32-22(36)16-12-17(24(26,27)28)14-18(13-16)25(29,30)31/h4-7,12-14H,8-11,15H2,1-3H3,(H,32,36). The van der Waals surface area contributed by atoms with Gasteiger partial charge in [-0.25, -0.2) is 0 Å². The van der Waals surface area contributed by atoms with Crippen LogP contribution in [0.3, 0.4) is 0 Å². The fraction of sp³-hybridized carbons (Fsp3) is 0.440. The Kier molecular flexibility index (Phi) is 7.61. The number of hydrogen-bond acceptors (Lipinski definition) is 3. The normalized spacial score (nSPS) is 15.1. The second-order valence-corrected chi connectivity index (χ2v) is 9.90. The molecule has 196 valence electrons. The van der Waals surface area contributed by atoms with Crippen molar-refractivity contribution < 1.29 is 35.9 Å². The van der Waals surface area contributed by atoms with Crippen LogP contribution in [-0.2, 0) is 17.1 Å². The van der Waals surface area contributed by atoms with E-state index in [2.05, 4.69) is 10.2 Å². The first-order chi connectivity index (χ1) is 16.5. The van der Waals surface area contributed by atoms with Crippen LogP contribution < -0.4 is 10.2 Å². The van der Waals surface area contributed by atoms with Gasteiger partial charge in [0.25, 0.3) is 5.91 Å². The van der Waals surface area contributed by atoms with E-state index in [1.165, 1.54) is 12.1 Å². The van der Waals surface area contributed by atoms with Crippen molar-refractivity contribution in [2.75, 3.05) is 36.4 Å². The van der Waals surface area contributed by atoms with Gasteiger partial charge >= 0.3 is 12.4 Å². The van der Waals surface area contributed by atoms with Gasteiger partial charge < -0.3 is 15.1 Å². The summed E-state index contributed by atoms with van der Waals surface area (Å²) in [5.74, 6) is -0.992. The number of halogens is 6. The molecule has 5 nitrogen and oxygen atoms in total. The van der Waals surface area contributed by atoms with Gasteiger partial charge in [0.2, 0.25) is 5.91 Å². The van der Waals surface area contributed by atoms with Gasteiger partial charge in [0.05, 0.1) is 11.1 Å². The lowest BCUT2D eigenvalue weighted by Crippen LogP contribution is -2.49. The molecular formula is C25H27F6N3O2. The van der Waals surface area contributed by atoms with E-state index in [0.717, 1.165) is 5.69 Å². The van der Waals surface area contributed by atoms with Crippen LogP contribution in [0.2, 0.25) is 0 Å². The van der Waals surface area contributed by atoms with Crippen LogP contribution in [0.1, 0.15) is 48.7 Å². The highest BCUT2D eigenvalue weighted by atomic mass is 19.4. The van der Waals surface area contributed by atoms with Crippen LogP contribution >= 0.6 is 0 Å². The number of anilines is 2. The van der Waals surface area contributed by atoms with E-state index in [-0.39, 0.29) is 23.1 Å². The number of amides is 2. The second-order valence-electron chi connectivity index (χ2n) is 9.90. The summed E-state index contributed by atoms with van der Waals surface area (Å²) in [7, 11) is 0. The molecule has 0 aliphatic carbocycles. The number of carbonyl (C=O) groups is 2. The third-order valence-electron chi connectivity index (χ3n) is 5.65. The molecule has 1 aliphatic rings. The number of piperazine rings is 1. The smallest absolute Gasteiger partial charge is 0.368 e. The van der Waals surface area contributed by atoms with E-state index in [1.54, 1.807) is 12.1 Å². The second kappa shape index (κ2) is 10.0. The van der Waals surface area contributed by atoms with Crippen molar-refractivity contribution in [3.8, 4) is 0 Å². The summed E-state index contributed by atoms with van der Waals surface area (Å²) in [5.41, 5.74) is -2.94. The fourth-order valence-electron chi connectivity index (χ4n) is 3.82. The van der Waals surface area contributed by atoms with Crippen molar-refractivity contribution in [1.82, 2.24) is 4.90 Å². The van der Waals surface area contributed by atoms with Crippen LogP contribution in [-0.4, -0.2) is 42.9 Å². The lowest BCUT2D eigenvalue weighted by molar-refractivity contribution is -0.143. The zero-order chi connectivity index (χ0) is 26.9. The highest BCUT2D eigenvalue weighted by Gasteiger charge is 2.37. The van der Waals surface area contributed by atoms with E-state index >= 15 is 0 Å². The topological polar surface area (TPSA) is 52.7 Å². The molecule has 0 spiro atoms. The van der Waals surface area contributed by atoms with Gasteiger partial charge in [0, 0.05) is 49.5 Å². The van der Waals surface area contributed by atoms with E-state index in [9.17, 15) is 35.9 Å². The number of hydrogen-bond donors (Lipinski definition) is 1. The Balaban J connectivity index is 1.66. The number of nitrogens with one attached hydrogen (secondary N) is 1. The Labute approximate surface area is 205 Å². The van der Waals surface area contributed by atoms with E-state index < -0.39 is 35.0 Å². The first kappa shape index (κ1) is 27.3. The lowest BCUT2D eigenvalue weighted by Gasteiger charge is -2.37. The molecule has 0 unspecified atom stereocenters. The van der Waals surface area contributed by atoms with Gasteiger partial charge in [0.1, 0.15) is 0 Å². The largest absolute Gasteiger partial charge is 0.416 e. The maximum absolute atomic E-state index is 13.1.